The first-order chi connectivity index (χ1) is 8.65. The normalized spacial score (nSPS) is 18.0. The lowest BCUT2D eigenvalue weighted by Gasteiger charge is -2.30. The van der Waals surface area contributed by atoms with Crippen LogP contribution in [-0.4, -0.2) is 20.1 Å². The third-order valence-corrected chi connectivity index (χ3v) is 4.15. The van der Waals surface area contributed by atoms with Crippen molar-refractivity contribution < 1.29 is 4.39 Å². The molecule has 0 saturated heterocycles. The smallest absolute Gasteiger partial charge is 0.130 e. The molecule has 0 amide bonds. The molecular formula is C15H23FN2. The van der Waals surface area contributed by atoms with Crippen molar-refractivity contribution in [1.29, 1.82) is 0 Å². The van der Waals surface area contributed by atoms with E-state index >= 15 is 0 Å². The Morgan fingerprint density at radius 2 is 2.00 bits per heavy atom. The minimum Gasteiger partial charge on any atom is -0.371 e. The Hall–Kier alpha value is -1.09. The van der Waals surface area contributed by atoms with Gasteiger partial charge in [0.2, 0.25) is 0 Å². The summed E-state index contributed by atoms with van der Waals surface area (Å²) in [5.74, 6) is -0.112. The minimum absolute atomic E-state index is 0.0325. The van der Waals surface area contributed by atoms with Crippen LogP contribution < -0.4 is 10.2 Å². The molecule has 0 aliphatic heterocycles. The molecule has 3 heteroatoms. The van der Waals surface area contributed by atoms with Gasteiger partial charge in [-0.3, -0.25) is 0 Å². The molecule has 0 spiro atoms. The summed E-state index contributed by atoms with van der Waals surface area (Å²) in [6.45, 7) is 2.00. The maximum absolute atomic E-state index is 14.1. The van der Waals surface area contributed by atoms with Crippen LogP contribution in [0, 0.1) is 5.82 Å². The molecule has 1 unspecified atom stereocenters. The highest BCUT2D eigenvalue weighted by Gasteiger charge is 2.24. The van der Waals surface area contributed by atoms with Crippen molar-refractivity contribution in [3.05, 3.63) is 29.6 Å². The number of rotatable bonds is 4. The van der Waals surface area contributed by atoms with Gasteiger partial charge in [0, 0.05) is 30.4 Å². The van der Waals surface area contributed by atoms with E-state index in [1.165, 1.54) is 25.7 Å². The molecule has 1 aliphatic rings. The first kappa shape index (κ1) is 13.3. The van der Waals surface area contributed by atoms with Crippen molar-refractivity contribution >= 4 is 5.69 Å². The van der Waals surface area contributed by atoms with Crippen LogP contribution >= 0.6 is 0 Å². The summed E-state index contributed by atoms with van der Waals surface area (Å²) in [6, 6.07) is 5.99. The molecule has 18 heavy (non-hydrogen) atoms. The summed E-state index contributed by atoms with van der Waals surface area (Å²) >= 11 is 0. The van der Waals surface area contributed by atoms with E-state index in [1.807, 2.05) is 26.1 Å². The highest BCUT2D eigenvalue weighted by molar-refractivity contribution is 5.55. The van der Waals surface area contributed by atoms with Crippen LogP contribution in [0.25, 0.3) is 0 Å². The van der Waals surface area contributed by atoms with Crippen molar-refractivity contribution in [2.75, 3.05) is 19.0 Å². The summed E-state index contributed by atoms with van der Waals surface area (Å²) in [5, 5.41) is 3.14. The van der Waals surface area contributed by atoms with Crippen LogP contribution in [0.15, 0.2) is 18.2 Å². The molecule has 1 fully saturated rings. The molecule has 0 radical (unpaired) electrons. The van der Waals surface area contributed by atoms with Gasteiger partial charge in [0.1, 0.15) is 5.82 Å². The third-order valence-electron chi connectivity index (χ3n) is 4.15. The number of anilines is 1. The predicted molar refractivity (Wildman–Crippen MR) is 74.5 cm³/mol. The van der Waals surface area contributed by atoms with E-state index in [4.69, 9.17) is 0 Å². The molecule has 2 rings (SSSR count). The van der Waals surface area contributed by atoms with Gasteiger partial charge in [-0.25, -0.2) is 4.39 Å². The van der Waals surface area contributed by atoms with Crippen molar-refractivity contribution in [2.45, 2.75) is 44.7 Å². The summed E-state index contributed by atoms with van der Waals surface area (Å²) in [6.07, 6.45) is 5.03. The maximum atomic E-state index is 14.1. The Morgan fingerprint density at radius 1 is 1.33 bits per heavy atom. The predicted octanol–water partition coefficient (Wildman–Crippen LogP) is 3.48. The topological polar surface area (TPSA) is 15.3 Å². The van der Waals surface area contributed by atoms with Crippen LogP contribution in [0.5, 0.6) is 0 Å². The van der Waals surface area contributed by atoms with Gasteiger partial charge in [-0.1, -0.05) is 18.9 Å². The molecule has 1 N–H and O–H groups in total. The highest BCUT2D eigenvalue weighted by Crippen LogP contribution is 2.33. The number of nitrogens with one attached hydrogen (secondary N) is 1. The van der Waals surface area contributed by atoms with Crippen LogP contribution in [0.1, 0.15) is 44.2 Å². The maximum Gasteiger partial charge on any atom is 0.130 e. The standard InChI is InChI=1S/C15H23FN2/c1-11(17-2)15-13(16)9-6-10-14(15)18(3)12-7-4-5-8-12/h6,9-12,17H,4-5,7-8H2,1-3H3. The van der Waals surface area contributed by atoms with Gasteiger partial charge in [-0.2, -0.15) is 0 Å². The van der Waals surface area contributed by atoms with E-state index in [0.29, 0.717) is 6.04 Å². The van der Waals surface area contributed by atoms with Gasteiger partial charge in [0.15, 0.2) is 0 Å². The second kappa shape index (κ2) is 5.70. The van der Waals surface area contributed by atoms with Crippen molar-refractivity contribution in [3.63, 3.8) is 0 Å². The largest absolute Gasteiger partial charge is 0.371 e. The zero-order valence-corrected chi connectivity index (χ0v) is 11.5. The van der Waals surface area contributed by atoms with E-state index in [-0.39, 0.29) is 11.9 Å². The van der Waals surface area contributed by atoms with Gasteiger partial charge in [0.25, 0.3) is 0 Å². The van der Waals surface area contributed by atoms with E-state index in [9.17, 15) is 4.39 Å². The minimum atomic E-state index is -0.112. The first-order valence-corrected chi connectivity index (χ1v) is 6.83. The van der Waals surface area contributed by atoms with E-state index < -0.39 is 0 Å². The Labute approximate surface area is 109 Å². The molecule has 0 aromatic heterocycles. The van der Waals surface area contributed by atoms with Gasteiger partial charge in [-0.15, -0.1) is 0 Å². The van der Waals surface area contributed by atoms with E-state index in [1.54, 1.807) is 6.07 Å². The Balaban J connectivity index is 2.33. The molecule has 1 aromatic rings. The van der Waals surface area contributed by atoms with Gasteiger partial charge >= 0.3 is 0 Å². The SMILES string of the molecule is CNC(C)c1c(F)cccc1N(C)C1CCCC1. The number of benzene rings is 1. The monoisotopic (exact) mass is 250 g/mol. The summed E-state index contributed by atoms with van der Waals surface area (Å²) < 4.78 is 14.1. The molecule has 2 nitrogen and oxygen atoms in total. The molecule has 0 heterocycles. The molecule has 100 valence electrons. The third kappa shape index (κ3) is 2.51. The highest BCUT2D eigenvalue weighted by atomic mass is 19.1. The molecule has 1 atom stereocenters. The lowest BCUT2D eigenvalue weighted by molar-refractivity contribution is 0.555. The van der Waals surface area contributed by atoms with E-state index in [0.717, 1.165) is 11.3 Å². The van der Waals surface area contributed by atoms with Gasteiger partial charge in [-0.05, 0) is 38.9 Å². The molecule has 1 saturated carbocycles. The lowest BCUT2D eigenvalue weighted by Crippen LogP contribution is -2.31. The van der Waals surface area contributed by atoms with Crippen molar-refractivity contribution in [1.82, 2.24) is 5.32 Å². The lowest BCUT2D eigenvalue weighted by atomic mass is 10.0. The fourth-order valence-corrected chi connectivity index (χ4v) is 2.89. The van der Waals surface area contributed by atoms with Crippen LogP contribution in [0.2, 0.25) is 0 Å². The Bertz CT molecular complexity index is 399. The summed E-state index contributed by atoms with van der Waals surface area (Å²) in [5.41, 5.74) is 1.82. The number of hydrogen-bond donors (Lipinski definition) is 1. The Morgan fingerprint density at radius 3 is 2.61 bits per heavy atom. The number of halogens is 1. The van der Waals surface area contributed by atoms with Crippen molar-refractivity contribution in [2.24, 2.45) is 0 Å². The second-order valence-corrected chi connectivity index (χ2v) is 5.23. The average molecular weight is 250 g/mol. The fourth-order valence-electron chi connectivity index (χ4n) is 2.89. The summed E-state index contributed by atoms with van der Waals surface area (Å²) in [4.78, 5) is 2.26. The van der Waals surface area contributed by atoms with Crippen LogP contribution in [-0.2, 0) is 0 Å². The van der Waals surface area contributed by atoms with Gasteiger partial charge < -0.3 is 10.2 Å². The molecule has 1 aromatic carbocycles. The molecule has 0 bridgehead atoms. The fraction of sp³-hybridized carbons (Fsp3) is 0.600. The van der Waals surface area contributed by atoms with Crippen LogP contribution in [0.3, 0.4) is 0 Å². The number of hydrogen-bond acceptors (Lipinski definition) is 2. The second-order valence-electron chi connectivity index (χ2n) is 5.23. The van der Waals surface area contributed by atoms with Gasteiger partial charge in [0.05, 0.1) is 0 Å². The summed E-state index contributed by atoms with van der Waals surface area (Å²) in [7, 11) is 3.97. The van der Waals surface area contributed by atoms with E-state index in [2.05, 4.69) is 17.3 Å². The molecular weight excluding hydrogens is 227 g/mol. The van der Waals surface area contributed by atoms with Crippen molar-refractivity contribution in [3.8, 4) is 0 Å². The zero-order chi connectivity index (χ0) is 13.1. The van der Waals surface area contributed by atoms with Crippen LogP contribution in [0.4, 0.5) is 10.1 Å². The Kier molecular flexibility index (Phi) is 4.23. The number of nitrogens with zero attached hydrogens (tertiary/aromatic N) is 1. The first-order valence-electron chi connectivity index (χ1n) is 6.83. The zero-order valence-electron chi connectivity index (χ0n) is 11.5. The quantitative estimate of drug-likeness (QED) is 0.880. The molecule has 1 aliphatic carbocycles. The average Bonchev–Trinajstić information content (AvgIpc) is 2.90.